The monoisotopic (exact) mass is 351 g/mol. The molecule has 0 spiro atoms. The minimum Gasteiger partial charge on any atom is -0.486 e. The average molecular weight is 351 g/mol. The zero-order chi connectivity index (χ0) is 18.2. The second kappa shape index (κ2) is 8.88. The van der Waals surface area contributed by atoms with E-state index in [1.807, 2.05) is 30.3 Å². The van der Waals surface area contributed by atoms with Gasteiger partial charge in [0.2, 0.25) is 0 Å². The van der Waals surface area contributed by atoms with Gasteiger partial charge in [-0.25, -0.2) is 4.79 Å². The molecule has 2 aromatic rings. The van der Waals surface area contributed by atoms with Crippen molar-refractivity contribution in [2.45, 2.75) is 25.1 Å². The summed E-state index contributed by atoms with van der Waals surface area (Å²) in [5.41, 5.74) is 1.62. The van der Waals surface area contributed by atoms with Crippen LogP contribution in [0.3, 0.4) is 0 Å². The Hall–Kier alpha value is -3.04. The highest BCUT2D eigenvalue weighted by Gasteiger charge is 2.29. The van der Waals surface area contributed by atoms with E-state index in [2.05, 4.69) is 16.7 Å². The highest BCUT2D eigenvalue weighted by molar-refractivity contribution is 5.74. The first kappa shape index (κ1) is 17.8. The van der Waals surface area contributed by atoms with E-state index in [4.69, 9.17) is 14.7 Å². The molecule has 6 heteroatoms. The van der Waals surface area contributed by atoms with Crippen LogP contribution in [-0.4, -0.2) is 31.4 Å². The highest BCUT2D eigenvalue weighted by atomic mass is 16.5. The second-order valence-electron chi connectivity index (χ2n) is 6.08. The lowest BCUT2D eigenvalue weighted by molar-refractivity contribution is -0.0118. The lowest BCUT2D eigenvalue weighted by Crippen LogP contribution is -2.53. The molecule has 1 saturated heterocycles. The van der Waals surface area contributed by atoms with E-state index >= 15 is 0 Å². The summed E-state index contributed by atoms with van der Waals surface area (Å²) < 4.78 is 11.4. The maximum atomic E-state index is 12.2. The van der Waals surface area contributed by atoms with Gasteiger partial charge in [-0.15, -0.1) is 0 Å². The van der Waals surface area contributed by atoms with Crippen LogP contribution in [0.2, 0.25) is 0 Å². The van der Waals surface area contributed by atoms with Crippen LogP contribution >= 0.6 is 0 Å². The molecule has 1 heterocycles. The van der Waals surface area contributed by atoms with Crippen LogP contribution in [0.5, 0.6) is 5.75 Å². The van der Waals surface area contributed by atoms with Gasteiger partial charge >= 0.3 is 6.03 Å². The third-order valence-corrected chi connectivity index (χ3v) is 4.19. The zero-order valence-electron chi connectivity index (χ0n) is 14.4. The minimum atomic E-state index is -0.279. The fraction of sp³-hybridized carbons (Fsp3) is 0.300. The van der Waals surface area contributed by atoms with E-state index in [9.17, 15) is 4.79 Å². The Morgan fingerprint density at radius 1 is 1.19 bits per heavy atom. The largest absolute Gasteiger partial charge is 0.486 e. The maximum absolute atomic E-state index is 12.2. The Morgan fingerprint density at radius 2 is 1.96 bits per heavy atom. The summed E-state index contributed by atoms with van der Waals surface area (Å²) >= 11 is 0. The van der Waals surface area contributed by atoms with Crippen LogP contribution in [0, 0.1) is 11.3 Å². The average Bonchev–Trinajstić information content (AvgIpc) is 2.69. The van der Waals surface area contributed by atoms with Gasteiger partial charge in [0, 0.05) is 13.2 Å². The van der Waals surface area contributed by atoms with Crippen LogP contribution < -0.4 is 15.4 Å². The Balaban J connectivity index is 1.54. The summed E-state index contributed by atoms with van der Waals surface area (Å²) in [5.74, 6) is 0.649. The molecule has 0 aromatic heterocycles. The van der Waals surface area contributed by atoms with E-state index < -0.39 is 0 Å². The fourth-order valence-corrected chi connectivity index (χ4v) is 2.77. The van der Waals surface area contributed by atoms with Crippen LogP contribution in [0.4, 0.5) is 4.79 Å². The van der Waals surface area contributed by atoms with E-state index in [1.165, 1.54) is 0 Å². The fourth-order valence-electron chi connectivity index (χ4n) is 2.77. The molecule has 0 saturated carbocycles. The van der Waals surface area contributed by atoms with E-state index in [1.54, 1.807) is 24.3 Å². The van der Waals surface area contributed by atoms with Crippen molar-refractivity contribution in [1.82, 2.24) is 10.6 Å². The van der Waals surface area contributed by atoms with Crippen molar-refractivity contribution >= 4 is 6.03 Å². The van der Waals surface area contributed by atoms with Crippen molar-refractivity contribution < 1.29 is 14.3 Å². The van der Waals surface area contributed by atoms with Gasteiger partial charge in [-0.3, -0.25) is 0 Å². The maximum Gasteiger partial charge on any atom is 0.315 e. The molecule has 134 valence electrons. The van der Waals surface area contributed by atoms with Crippen molar-refractivity contribution in [3.8, 4) is 11.8 Å². The molecule has 2 atom stereocenters. The molecule has 2 amide bonds. The quantitative estimate of drug-likeness (QED) is 0.867. The topological polar surface area (TPSA) is 83.4 Å². The summed E-state index contributed by atoms with van der Waals surface area (Å²) in [7, 11) is 0. The SMILES string of the molecule is N#Cc1ccc(O[C@@H]2COCC[C@H]2NC(=O)NCc2ccccc2)cc1. The van der Waals surface area contributed by atoms with Gasteiger partial charge in [0.05, 0.1) is 24.3 Å². The number of nitrogens with zero attached hydrogens (tertiary/aromatic N) is 1. The zero-order valence-corrected chi connectivity index (χ0v) is 14.4. The number of ether oxygens (including phenoxy) is 2. The highest BCUT2D eigenvalue weighted by Crippen LogP contribution is 2.18. The standard InChI is InChI=1S/C20H21N3O3/c21-12-15-6-8-17(9-7-15)26-19-14-25-11-10-18(19)23-20(24)22-13-16-4-2-1-3-5-16/h1-9,18-19H,10-11,13-14H2,(H2,22,23,24)/t18-,19-/m1/s1. The Bertz CT molecular complexity index is 756. The number of rotatable bonds is 5. The van der Waals surface area contributed by atoms with E-state index in [0.29, 0.717) is 37.5 Å². The van der Waals surface area contributed by atoms with Gasteiger partial charge in [0.25, 0.3) is 0 Å². The van der Waals surface area contributed by atoms with Crippen molar-refractivity contribution in [3.63, 3.8) is 0 Å². The molecular weight excluding hydrogens is 330 g/mol. The molecule has 0 aliphatic carbocycles. The van der Waals surface area contributed by atoms with Gasteiger partial charge in [0.1, 0.15) is 11.9 Å². The third kappa shape index (κ3) is 4.98. The molecule has 2 aromatic carbocycles. The molecule has 1 aliphatic rings. The molecular formula is C20H21N3O3. The van der Waals surface area contributed by atoms with Crippen LogP contribution in [0.15, 0.2) is 54.6 Å². The molecule has 1 fully saturated rings. The van der Waals surface area contributed by atoms with Gasteiger partial charge in [-0.05, 0) is 36.2 Å². The van der Waals surface area contributed by atoms with Crippen molar-refractivity contribution in [2.75, 3.05) is 13.2 Å². The summed E-state index contributed by atoms with van der Waals surface area (Å²) in [4.78, 5) is 12.2. The predicted octanol–water partition coefficient (Wildman–Crippen LogP) is 2.59. The number of amides is 2. The van der Waals surface area contributed by atoms with Gasteiger partial charge in [0.15, 0.2) is 0 Å². The Labute approximate surface area is 152 Å². The lowest BCUT2D eigenvalue weighted by Gasteiger charge is -2.32. The van der Waals surface area contributed by atoms with Gasteiger partial charge in [-0.1, -0.05) is 30.3 Å². The van der Waals surface area contributed by atoms with Crippen LogP contribution in [0.1, 0.15) is 17.5 Å². The molecule has 2 N–H and O–H groups in total. The number of urea groups is 1. The summed E-state index contributed by atoms with van der Waals surface area (Å²) in [6.45, 7) is 1.46. The Morgan fingerprint density at radius 3 is 2.69 bits per heavy atom. The molecule has 6 nitrogen and oxygen atoms in total. The second-order valence-corrected chi connectivity index (χ2v) is 6.08. The van der Waals surface area contributed by atoms with Gasteiger partial charge < -0.3 is 20.1 Å². The van der Waals surface area contributed by atoms with Crippen molar-refractivity contribution in [1.29, 1.82) is 5.26 Å². The molecule has 26 heavy (non-hydrogen) atoms. The number of hydrogen-bond donors (Lipinski definition) is 2. The first-order chi connectivity index (χ1) is 12.7. The Kier molecular flexibility index (Phi) is 6.07. The van der Waals surface area contributed by atoms with E-state index in [-0.39, 0.29) is 18.2 Å². The molecule has 0 radical (unpaired) electrons. The lowest BCUT2D eigenvalue weighted by atomic mass is 10.1. The summed E-state index contributed by atoms with van der Waals surface area (Å²) in [6.07, 6.45) is 0.402. The number of nitrogens with one attached hydrogen (secondary N) is 2. The smallest absolute Gasteiger partial charge is 0.315 e. The third-order valence-electron chi connectivity index (χ3n) is 4.19. The molecule has 0 bridgehead atoms. The molecule has 3 rings (SSSR count). The minimum absolute atomic E-state index is 0.143. The number of carbonyl (C=O) groups is 1. The normalized spacial score (nSPS) is 19.2. The number of hydrogen-bond acceptors (Lipinski definition) is 4. The first-order valence-corrected chi connectivity index (χ1v) is 8.57. The number of carbonyl (C=O) groups excluding carboxylic acids is 1. The van der Waals surface area contributed by atoms with Crippen LogP contribution in [-0.2, 0) is 11.3 Å². The van der Waals surface area contributed by atoms with Crippen LogP contribution in [0.25, 0.3) is 0 Å². The number of benzene rings is 2. The molecule has 1 aliphatic heterocycles. The van der Waals surface area contributed by atoms with Crippen molar-refractivity contribution in [2.24, 2.45) is 0 Å². The van der Waals surface area contributed by atoms with Gasteiger partial charge in [-0.2, -0.15) is 5.26 Å². The summed E-state index contributed by atoms with van der Waals surface area (Å²) in [5, 5.41) is 14.7. The summed E-state index contributed by atoms with van der Waals surface area (Å²) in [6, 6.07) is 18.4. The molecule has 0 unspecified atom stereocenters. The van der Waals surface area contributed by atoms with E-state index in [0.717, 1.165) is 5.56 Å². The number of nitriles is 1. The van der Waals surface area contributed by atoms with Crippen molar-refractivity contribution in [3.05, 3.63) is 65.7 Å². The first-order valence-electron chi connectivity index (χ1n) is 8.57. The predicted molar refractivity (Wildman–Crippen MR) is 96.6 cm³/mol.